The maximum Gasteiger partial charge on any atom is 0.280 e. The SMILES string of the molecule is CNc1ccc(OCn2nnc3ccccc3c2=O)cc1. The van der Waals surface area contributed by atoms with E-state index in [4.69, 9.17) is 4.74 Å². The number of aromatic nitrogens is 3. The van der Waals surface area contributed by atoms with Crippen LogP contribution < -0.4 is 15.6 Å². The molecular formula is C15H14N4O2. The summed E-state index contributed by atoms with van der Waals surface area (Å²) in [5.74, 6) is 0.663. The zero-order valence-electron chi connectivity index (χ0n) is 11.5. The summed E-state index contributed by atoms with van der Waals surface area (Å²) >= 11 is 0. The van der Waals surface area contributed by atoms with E-state index in [0.29, 0.717) is 16.7 Å². The lowest BCUT2D eigenvalue weighted by atomic mass is 10.2. The van der Waals surface area contributed by atoms with Gasteiger partial charge in [0.05, 0.1) is 5.39 Å². The molecule has 0 bridgehead atoms. The number of anilines is 1. The molecule has 1 aromatic heterocycles. The average Bonchev–Trinajstić information content (AvgIpc) is 2.55. The summed E-state index contributed by atoms with van der Waals surface area (Å²) in [6.45, 7) is 0.0234. The van der Waals surface area contributed by atoms with Crippen LogP contribution in [0.3, 0.4) is 0 Å². The first-order valence-corrected chi connectivity index (χ1v) is 6.51. The van der Waals surface area contributed by atoms with Gasteiger partial charge in [-0.1, -0.05) is 17.3 Å². The quantitative estimate of drug-likeness (QED) is 0.791. The molecule has 0 aliphatic rings. The predicted molar refractivity (Wildman–Crippen MR) is 80.4 cm³/mol. The van der Waals surface area contributed by atoms with E-state index in [2.05, 4.69) is 15.6 Å². The van der Waals surface area contributed by atoms with Crippen LogP contribution >= 0.6 is 0 Å². The molecule has 0 unspecified atom stereocenters. The maximum atomic E-state index is 12.2. The van der Waals surface area contributed by atoms with Crippen molar-refractivity contribution in [3.63, 3.8) is 0 Å². The van der Waals surface area contributed by atoms with E-state index in [1.165, 1.54) is 4.68 Å². The molecule has 0 amide bonds. The third kappa shape index (κ3) is 2.69. The first-order chi connectivity index (χ1) is 10.3. The molecule has 3 aromatic rings. The van der Waals surface area contributed by atoms with Gasteiger partial charge in [-0.2, -0.15) is 4.68 Å². The Hall–Kier alpha value is -2.89. The first kappa shape index (κ1) is 13.1. The van der Waals surface area contributed by atoms with Crippen molar-refractivity contribution in [2.45, 2.75) is 6.73 Å². The molecule has 0 atom stereocenters. The summed E-state index contributed by atoms with van der Waals surface area (Å²) in [5.41, 5.74) is 1.36. The zero-order chi connectivity index (χ0) is 14.7. The summed E-state index contributed by atoms with van der Waals surface area (Å²) in [7, 11) is 1.85. The van der Waals surface area contributed by atoms with Gasteiger partial charge in [0.2, 0.25) is 0 Å². The fourth-order valence-electron chi connectivity index (χ4n) is 1.96. The van der Waals surface area contributed by atoms with Gasteiger partial charge in [-0.15, -0.1) is 5.10 Å². The molecule has 0 aliphatic heterocycles. The van der Waals surface area contributed by atoms with Crippen LogP contribution in [-0.4, -0.2) is 22.0 Å². The summed E-state index contributed by atoms with van der Waals surface area (Å²) in [5, 5.41) is 11.4. The molecular weight excluding hydrogens is 268 g/mol. The van der Waals surface area contributed by atoms with Crippen molar-refractivity contribution in [1.82, 2.24) is 15.0 Å². The van der Waals surface area contributed by atoms with Crippen molar-refractivity contribution < 1.29 is 4.74 Å². The summed E-state index contributed by atoms with van der Waals surface area (Å²) in [4.78, 5) is 12.2. The molecule has 6 nitrogen and oxygen atoms in total. The lowest BCUT2D eigenvalue weighted by Crippen LogP contribution is -2.26. The Morgan fingerprint density at radius 2 is 1.90 bits per heavy atom. The molecule has 3 rings (SSSR count). The number of hydrogen-bond acceptors (Lipinski definition) is 5. The van der Waals surface area contributed by atoms with Gasteiger partial charge in [0, 0.05) is 12.7 Å². The van der Waals surface area contributed by atoms with Crippen molar-refractivity contribution in [2.75, 3.05) is 12.4 Å². The molecule has 0 aliphatic carbocycles. The second kappa shape index (κ2) is 5.62. The van der Waals surface area contributed by atoms with E-state index in [1.807, 2.05) is 37.4 Å². The molecule has 0 radical (unpaired) electrons. The molecule has 1 heterocycles. The lowest BCUT2D eigenvalue weighted by molar-refractivity contribution is 0.210. The highest BCUT2D eigenvalue weighted by molar-refractivity contribution is 5.76. The number of rotatable bonds is 4. The summed E-state index contributed by atoms with van der Waals surface area (Å²) in [6.07, 6.45) is 0. The van der Waals surface area contributed by atoms with Crippen LogP contribution in [0.2, 0.25) is 0 Å². The van der Waals surface area contributed by atoms with Crippen LogP contribution in [0.4, 0.5) is 5.69 Å². The minimum Gasteiger partial charge on any atom is -0.471 e. The number of nitrogens with zero attached hydrogens (tertiary/aromatic N) is 3. The minimum absolute atomic E-state index is 0.0234. The van der Waals surface area contributed by atoms with Crippen LogP contribution in [0, 0.1) is 0 Å². The highest BCUT2D eigenvalue weighted by Gasteiger charge is 2.05. The van der Waals surface area contributed by atoms with Crippen molar-refractivity contribution in [2.24, 2.45) is 0 Å². The molecule has 0 saturated heterocycles. The molecule has 21 heavy (non-hydrogen) atoms. The van der Waals surface area contributed by atoms with E-state index >= 15 is 0 Å². The monoisotopic (exact) mass is 282 g/mol. The van der Waals surface area contributed by atoms with Gasteiger partial charge in [-0.3, -0.25) is 4.79 Å². The molecule has 1 N–H and O–H groups in total. The predicted octanol–water partition coefficient (Wildman–Crippen LogP) is 1.87. The Kier molecular flexibility index (Phi) is 3.51. The van der Waals surface area contributed by atoms with E-state index < -0.39 is 0 Å². The van der Waals surface area contributed by atoms with Gasteiger partial charge in [0.15, 0.2) is 6.73 Å². The van der Waals surface area contributed by atoms with E-state index in [-0.39, 0.29) is 12.3 Å². The van der Waals surface area contributed by atoms with Gasteiger partial charge in [-0.05, 0) is 36.4 Å². The number of nitrogens with one attached hydrogen (secondary N) is 1. The molecule has 0 spiro atoms. The Morgan fingerprint density at radius 3 is 2.67 bits per heavy atom. The second-order valence-electron chi connectivity index (χ2n) is 4.46. The Bertz CT molecular complexity index is 812. The van der Waals surface area contributed by atoms with Gasteiger partial charge in [0.25, 0.3) is 5.56 Å². The molecule has 2 aromatic carbocycles. The van der Waals surface area contributed by atoms with Crippen LogP contribution in [0.1, 0.15) is 0 Å². The number of benzene rings is 2. The van der Waals surface area contributed by atoms with Crippen LogP contribution in [-0.2, 0) is 6.73 Å². The molecule has 6 heteroatoms. The maximum absolute atomic E-state index is 12.2. The number of hydrogen-bond donors (Lipinski definition) is 1. The Balaban J connectivity index is 1.81. The van der Waals surface area contributed by atoms with Crippen molar-refractivity contribution in [3.05, 3.63) is 58.9 Å². The Morgan fingerprint density at radius 1 is 1.14 bits per heavy atom. The van der Waals surface area contributed by atoms with Gasteiger partial charge in [-0.25, -0.2) is 0 Å². The van der Waals surface area contributed by atoms with Crippen LogP contribution in [0.25, 0.3) is 10.9 Å². The number of ether oxygens (including phenoxy) is 1. The average molecular weight is 282 g/mol. The van der Waals surface area contributed by atoms with E-state index in [9.17, 15) is 4.79 Å². The van der Waals surface area contributed by atoms with E-state index in [0.717, 1.165) is 5.69 Å². The zero-order valence-corrected chi connectivity index (χ0v) is 11.5. The normalized spacial score (nSPS) is 10.5. The van der Waals surface area contributed by atoms with Crippen LogP contribution in [0.15, 0.2) is 53.3 Å². The Labute approximate surface area is 121 Å². The fraction of sp³-hybridized carbons (Fsp3) is 0.133. The molecule has 0 saturated carbocycles. The summed E-state index contributed by atoms with van der Waals surface area (Å²) in [6, 6.07) is 14.5. The standard InChI is InChI=1S/C15H14N4O2/c1-16-11-6-8-12(9-7-11)21-10-19-15(20)13-4-2-3-5-14(13)17-18-19/h2-9,16H,10H2,1H3. The van der Waals surface area contributed by atoms with Gasteiger partial charge in [0.1, 0.15) is 11.3 Å². The van der Waals surface area contributed by atoms with Gasteiger partial charge < -0.3 is 10.1 Å². The highest BCUT2D eigenvalue weighted by atomic mass is 16.5. The van der Waals surface area contributed by atoms with E-state index in [1.54, 1.807) is 18.2 Å². The molecule has 0 fully saturated rings. The van der Waals surface area contributed by atoms with Crippen LogP contribution in [0.5, 0.6) is 5.75 Å². The lowest BCUT2D eigenvalue weighted by Gasteiger charge is -2.08. The van der Waals surface area contributed by atoms with Crippen molar-refractivity contribution >= 4 is 16.6 Å². The smallest absolute Gasteiger partial charge is 0.280 e. The third-order valence-corrected chi connectivity index (χ3v) is 3.13. The minimum atomic E-state index is -0.215. The topological polar surface area (TPSA) is 69.0 Å². The van der Waals surface area contributed by atoms with Gasteiger partial charge >= 0.3 is 0 Å². The summed E-state index contributed by atoms with van der Waals surface area (Å²) < 4.78 is 6.76. The first-order valence-electron chi connectivity index (χ1n) is 6.51. The fourth-order valence-corrected chi connectivity index (χ4v) is 1.96. The van der Waals surface area contributed by atoms with Crippen molar-refractivity contribution in [3.8, 4) is 5.75 Å². The second-order valence-corrected chi connectivity index (χ2v) is 4.46. The number of fused-ring (bicyclic) bond motifs is 1. The largest absolute Gasteiger partial charge is 0.471 e. The molecule has 106 valence electrons. The van der Waals surface area contributed by atoms with Crippen molar-refractivity contribution in [1.29, 1.82) is 0 Å². The third-order valence-electron chi connectivity index (χ3n) is 3.13. The highest BCUT2D eigenvalue weighted by Crippen LogP contribution is 2.15.